The average molecular weight is 240 g/mol. The molecule has 0 saturated carbocycles. The average Bonchev–Trinajstić information content (AvgIpc) is 2.70. The lowest BCUT2D eigenvalue weighted by Gasteiger charge is -2.26. The number of nitrogens with one attached hydrogen (secondary N) is 2. The molecule has 0 bridgehead atoms. The molecular weight excluding hydrogens is 220 g/mol. The number of rotatable bonds is 5. The molecule has 0 aliphatic heterocycles. The quantitative estimate of drug-likeness (QED) is 0.829. The number of hydrogen-bond donors (Lipinski definition) is 2. The van der Waals surface area contributed by atoms with Crippen molar-refractivity contribution in [2.24, 2.45) is 0 Å². The van der Waals surface area contributed by atoms with Gasteiger partial charge in [0, 0.05) is 0 Å². The van der Waals surface area contributed by atoms with E-state index in [2.05, 4.69) is 16.0 Å². The van der Waals surface area contributed by atoms with Crippen molar-refractivity contribution in [2.45, 2.75) is 39.3 Å². The van der Waals surface area contributed by atoms with Crippen molar-refractivity contribution in [2.75, 3.05) is 6.54 Å². The molecule has 0 aliphatic rings. The highest BCUT2D eigenvalue weighted by Gasteiger charge is 2.27. The highest BCUT2D eigenvalue weighted by atomic mass is 32.1. The largest absolute Gasteiger partial charge is 0.348 e. The van der Waals surface area contributed by atoms with Gasteiger partial charge in [0.25, 0.3) is 0 Å². The summed E-state index contributed by atoms with van der Waals surface area (Å²) in [6, 6.07) is 2.10. The van der Waals surface area contributed by atoms with Crippen molar-refractivity contribution >= 4 is 17.2 Å². The first-order valence-corrected chi connectivity index (χ1v) is 6.49. The van der Waals surface area contributed by atoms with Crippen molar-refractivity contribution in [1.82, 2.24) is 10.6 Å². The zero-order valence-electron chi connectivity index (χ0n) is 10.3. The molecule has 1 unspecified atom stereocenters. The first kappa shape index (κ1) is 13.2. The Kier molecular flexibility index (Phi) is 4.50. The van der Waals surface area contributed by atoms with Gasteiger partial charge in [-0.1, -0.05) is 6.92 Å². The van der Waals surface area contributed by atoms with E-state index in [9.17, 15) is 4.79 Å². The lowest BCUT2D eigenvalue weighted by molar-refractivity contribution is -0.127. The molecule has 1 aromatic rings. The molecule has 4 heteroatoms. The summed E-state index contributed by atoms with van der Waals surface area (Å²) in [5.41, 5.74) is 0.643. The van der Waals surface area contributed by atoms with Gasteiger partial charge in [0.05, 0.1) is 11.6 Å². The zero-order chi connectivity index (χ0) is 12.2. The number of thiophene rings is 1. The summed E-state index contributed by atoms with van der Waals surface area (Å²) in [5.74, 6) is 0.0352. The summed E-state index contributed by atoms with van der Waals surface area (Å²) >= 11 is 1.65. The smallest absolute Gasteiger partial charge is 0.240 e. The van der Waals surface area contributed by atoms with E-state index < -0.39 is 5.54 Å². The van der Waals surface area contributed by atoms with Crippen LogP contribution in [-0.4, -0.2) is 18.0 Å². The molecule has 1 amide bonds. The molecule has 0 aromatic carbocycles. The number of hydrogen-bond acceptors (Lipinski definition) is 3. The van der Waals surface area contributed by atoms with E-state index in [4.69, 9.17) is 0 Å². The third-order valence-corrected chi connectivity index (χ3v) is 3.28. The van der Waals surface area contributed by atoms with Crippen LogP contribution < -0.4 is 10.6 Å². The predicted octanol–water partition coefficient (Wildman–Crippen LogP) is 2.31. The SMILES string of the molecule is CCNC(C)(C)C(=O)NC(C)c1ccsc1. The van der Waals surface area contributed by atoms with Crippen LogP contribution >= 0.6 is 11.3 Å². The molecule has 16 heavy (non-hydrogen) atoms. The summed E-state index contributed by atoms with van der Waals surface area (Å²) in [6.45, 7) is 8.57. The molecule has 0 fully saturated rings. The van der Waals surface area contributed by atoms with Gasteiger partial charge in [0.1, 0.15) is 0 Å². The van der Waals surface area contributed by atoms with E-state index in [-0.39, 0.29) is 11.9 Å². The van der Waals surface area contributed by atoms with E-state index in [0.29, 0.717) is 0 Å². The minimum atomic E-state index is -0.515. The van der Waals surface area contributed by atoms with Crippen LogP contribution in [0.5, 0.6) is 0 Å². The van der Waals surface area contributed by atoms with Crippen molar-refractivity contribution in [3.8, 4) is 0 Å². The number of carbonyl (C=O) groups is 1. The van der Waals surface area contributed by atoms with Gasteiger partial charge >= 0.3 is 0 Å². The molecule has 0 radical (unpaired) electrons. The fraction of sp³-hybridized carbons (Fsp3) is 0.583. The third-order valence-electron chi connectivity index (χ3n) is 2.58. The fourth-order valence-corrected chi connectivity index (χ4v) is 2.26. The Bertz CT molecular complexity index is 333. The molecular formula is C12H20N2OS. The summed E-state index contributed by atoms with van der Waals surface area (Å²) in [5, 5.41) is 10.3. The van der Waals surface area contributed by atoms with Crippen LogP contribution in [0.25, 0.3) is 0 Å². The first-order valence-electron chi connectivity index (χ1n) is 5.55. The van der Waals surface area contributed by atoms with Crippen LogP contribution in [0.3, 0.4) is 0 Å². The molecule has 1 rings (SSSR count). The topological polar surface area (TPSA) is 41.1 Å². The minimum Gasteiger partial charge on any atom is -0.348 e. The van der Waals surface area contributed by atoms with Crippen molar-refractivity contribution < 1.29 is 4.79 Å². The molecule has 0 spiro atoms. The van der Waals surface area contributed by atoms with Crippen LogP contribution in [0.2, 0.25) is 0 Å². The molecule has 1 aromatic heterocycles. The van der Waals surface area contributed by atoms with Gasteiger partial charge in [-0.3, -0.25) is 4.79 Å². The Morgan fingerprint density at radius 1 is 1.56 bits per heavy atom. The van der Waals surface area contributed by atoms with Crippen LogP contribution in [0, 0.1) is 0 Å². The van der Waals surface area contributed by atoms with Crippen LogP contribution in [0.1, 0.15) is 39.3 Å². The van der Waals surface area contributed by atoms with Crippen LogP contribution in [0.4, 0.5) is 0 Å². The van der Waals surface area contributed by atoms with E-state index in [1.54, 1.807) is 11.3 Å². The predicted molar refractivity (Wildman–Crippen MR) is 68.6 cm³/mol. The Morgan fingerprint density at radius 2 is 2.25 bits per heavy atom. The van der Waals surface area contributed by atoms with E-state index in [1.165, 1.54) is 0 Å². The van der Waals surface area contributed by atoms with Crippen molar-refractivity contribution in [3.05, 3.63) is 22.4 Å². The highest BCUT2D eigenvalue weighted by Crippen LogP contribution is 2.16. The monoisotopic (exact) mass is 240 g/mol. The standard InChI is InChI=1S/C12H20N2OS/c1-5-13-12(3,4)11(15)14-9(2)10-6-7-16-8-10/h6-9,13H,5H2,1-4H3,(H,14,15). The molecule has 0 saturated heterocycles. The van der Waals surface area contributed by atoms with Gasteiger partial charge in [-0.25, -0.2) is 0 Å². The van der Waals surface area contributed by atoms with Crippen LogP contribution in [-0.2, 0) is 4.79 Å². The van der Waals surface area contributed by atoms with Gasteiger partial charge in [-0.2, -0.15) is 11.3 Å². The molecule has 1 atom stereocenters. The lowest BCUT2D eigenvalue weighted by Crippen LogP contribution is -2.52. The number of amides is 1. The maximum atomic E-state index is 12.0. The fourth-order valence-electron chi connectivity index (χ4n) is 1.50. The second-order valence-corrected chi connectivity index (χ2v) is 5.19. The second kappa shape index (κ2) is 5.46. The maximum Gasteiger partial charge on any atom is 0.240 e. The van der Waals surface area contributed by atoms with Gasteiger partial charge in [-0.15, -0.1) is 0 Å². The van der Waals surface area contributed by atoms with Crippen molar-refractivity contribution in [1.29, 1.82) is 0 Å². The van der Waals surface area contributed by atoms with E-state index in [1.807, 2.05) is 39.1 Å². The third kappa shape index (κ3) is 3.32. The van der Waals surface area contributed by atoms with Crippen LogP contribution in [0.15, 0.2) is 16.8 Å². The minimum absolute atomic E-state index is 0.0352. The summed E-state index contributed by atoms with van der Waals surface area (Å²) in [6.07, 6.45) is 0. The highest BCUT2D eigenvalue weighted by molar-refractivity contribution is 7.07. The van der Waals surface area contributed by atoms with E-state index >= 15 is 0 Å². The molecule has 3 nitrogen and oxygen atoms in total. The molecule has 2 N–H and O–H groups in total. The van der Waals surface area contributed by atoms with Gasteiger partial charge in [0.2, 0.25) is 5.91 Å². The van der Waals surface area contributed by atoms with Gasteiger partial charge in [0.15, 0.2) is 0 Å². The van der Waals surface area contributed by atoms with Crippen molar-refractivity contribution in [3.63, 3.8) is 0 Å². The first-order chi connectivity index (χ1) is 7.47. The number of likely N-dealkylation sites (N-methyl/N-ethyl adjacent to an activating group) is 1. The Balaban J connectivity index is 2.57. The molecule has 90 valence electrons. The van der Waals surface area contributed by atoms with Gasteiger partial charge in [-0.05, 0) is 49.7 Å². The Labute approximate surface area is 101 Å². The Morgan fingerprint density at radius 3 is 2.75 bits per heavy atom. The van der Waals surface area contributed by atoms with Gasteiger partial charge < -0.3 is 10.6 Å². The maximum absolute atomic E-state index is 12.0. The summed E-state index contributed by atoms with van der Waals surface area (Å²) in [4.78, 5) is 12.0. The zero-order valence-corrected chi connectivity index (χ0v) is 11.1. The summed E-state index contributed by atoms with van der Waals surface area (Å²) in [7, 11) is 0. The normalized spacial score (nSPS) is 13.5. The number of carbonyl (C=O) groups excluding carboxylic acids is 1. The summed E-state index contributed by atoms with van der Waals surface area (Å²) < 4.78 is 0. The Hall–Kier alpha value is -0.870. The lowest BCUT2D eigenvalue weighted by atomic mass is 10.0. The second-order valence-electron chi connectivity index (χ2n) is 4.41. The molecule has 1 heterocycles. The van der Waals surface area contributed by atoms with E-state index in [0.717, 1.165) is 12.1 Å². The molecule has 0 aliphatic carbocycles.